The molecule has 4 aromatic rings. The smallest absolute Gasteiger partial charge is 0.263 e. The van der Waals surface area contributed by atoms with Gasteiger partial charge in [0, 0.05) is 12.3 Å². The van der Waals surface area contributed by atoms with Crippen LogP contribution in [0.4, 0.5) is 0 Å². The zero-order valence-corrected chi connectivity index (χ0v) is 18.9. The van der Waals surface area contributed by atoms with E-state index in [1.807, 2.05) is 40.8 Å². The highest BCUT2D eigenvalue weighted by molar-refractivity contribution is 9.10. The van der Waals surface area contributed by atoms with Gasteiger partial charge < -0.3 is 9.47 Å². The molecular weight excluding hydrogens is 468 g/mol. The summed E-state index contributed by atoms with van der Waals surface area (Å²) < 4.78 is 15.1. The molecule has 0 fully saturated rings. The zero-order valence-electron chi connectivity index (χ0n) is 16.5. The number of methoxy groups -OCH3 is 2. The molecule has 2 aromatic heterocycles. The Kier molecular flexibility index (Phi) is 5.83. The second-order valence-electron chi connectivity index (χ2n) is 6.40. The number of thioether (sulfide) groups is 1. The zero-order chi connectivity index (χ0) is 21.3. The van der Waals surface area contributed by atoms with Crippen molar-refractivity contribution < 1.29 is 9.47 Å². The Balaban J connectivity index is 1.80. The maximum atomic E-state index is 12.9. The van der Waals surface area contributed by atoms with Crippen molar-refractivity contribution in [3.63, 3.8) is 0 Å². The van der Waals surface area contributed by atoms with Gasteiger partial charge in [0.25, 0.3) is 5.56 Å². The van der Waals surface area contributed by atoms with Crippen LogP contribution in [0.3, 0.4) is 0 Å². The molecule has 0 radical (unpaired) electrons. The molecule has 0 bridgehead atoms. The Hall–Kier alpha value is -2.78. The Morgan fingerprint density at radius 3 is 2.70 bits per heavy atom. The van der Waals surface area contributed by atoms with E-state index in [9.17, 15) is 4.79 Å². The topological polar surface area (TPSA) is 70.7 Å². The molecule has 0 aliphatic rings. The summed E-state index contributed by atoms with van der Waals surface area (Å²) in [6, 6.07) is 11.3. The minimum absolute atomic E-state index is 0.107. The normalized spacial score (nSPS) is 11.2. The van der Waals surface area contributed by atoms with Crippen LogP contribution in [0.5, 0.6) is 11.5 Å². The summed E-state index contributed by atoms with van der Waals surface area (Å²) >= 11 is 5.14. The van der Waals surface area contributed by atoms with E-state index in [0.29, 0.717) is 40.1 Å². The van der Waals surface area contributed by atoms with Crippen LogP contribution in [0.1, 0.15) is 5.56 Å². The highest BCUT2D eigenvalue weighted by Crippen LogP contribution is 2.39. The first-order valence-corrected chi connectivity index (χ1v) is 10.9. The van der Waals surface area contributed by atoms with Gasteiger partial charge in [-0.05, 0) is 39.7 Å². The van der Waals surface area contributed by atoms with Gasteiger partial charge in [0.1, 0.15) is 0 Å². The van der Waals surface area contributed by atoms with Crippen molar-refractivity contribution in [1.29, 1.82) is 0 Å². The minimum Gasteiger partial charge on any atom is -0.493 e. The number of allylic oxidation sites excluding steroid dienone is 1. The van der Waals surface area contributed by atoms with Gasteiger partial charge in [-0.2, -0.15) is 0 Å². The molecule has 0 amide bonds. The second kappa shape index (κ2) is 8.53. The lowest BCUT2D eigenvalue weighted by atomic mass is 10.2. The molecule has 0 saturated heterocycles. The van der Waals surface area contributed by atoms with E-state index in [-0.39, 0.29) is 5.56 Å². The maximum Gasteiger partial charge on any atom is 0.263 e. The molecule has 0 spiro atoms. The van der Waals surface area contributed by atoms with E-state index in [0.717, 1.165) is 15.6 Å². The minimum atomic E-state index is -0.107. The summed E-state index contributed by atoms with van der Waals surface area (Å²) in [5.41, 5.74) is 1.69. The van der Waals surface area contributed by atoms with Crippen LogP contribution < -0.4 is 15.0 Å². The Labute approximate surface area is 185 Å². The van der Waals surface area contributed by atoms with Gasteiger partial charge in [-0.3, -0.25) is 13.8 Å². The van der Waals surface area contributed by atoms with Gasteiger partial charge in [-0.1, -0.05) is 36.0 Å². The molecule has 0 aliphatic heterocycles. The fourth-order valence-corrected chi connectivity index (χ4v) is 5.05. The molecule has 0 N–H and O–H groups in total. The summed E-state index contributed by atoms with van der Waals surface area (Å²) in [6.45, 7) is 4.12. The van der Waals surface area contributed by atoms with Crippen LogP contribution in [0.25, 0.3) is 16.7 Å². The third-order valence-corrected chi connectivity index (χ3v) is 6.56. The fourth-order valence-electron chi connectivity index (χ4n) is 3.30. The van der Waals surface area contributed by atoms with E-state index < -0.39 is 0 Å². The first kappa shape index (κ1) is 20.5. The van der Waals surface area contributed by atoms with Crippen molar-refractivity contribution in [2.75, 3.05) is 14.2 Å². The largest absolute Gasteiger partial charge is 0.493 e. The molecule has 30 heavy (non-hydrogen) atoms. The van der Waals surface area contributed by atoms with Gasteiger partial charge in [0.15, 0.2) is 16.7 Å². The molecule has 0 aliphatic carbocycles. The number of hydrogen-bond acceptors (Lipinski definition) is 6. The van der Waals surface area contributed by atoms with E-state index in [1.54, 1.807) is 24.9 Å². The van der Waals surface area contributed by atoms with Crippen molar-refractivity contribution >= 4 is 44.4 Å². The number of aromatic nitrogens is 4. The van der Waals surface area contributed by atoms with Crippen molar-refractivity contribution in [2.45, 2.75) is 17.5 Å². The van der Waals surface area contributed by atoms with Crippen LogP contribution in [0.15, 0.2) is 63.5 Å². The number of fused-ring (bicyclic) bond motifs is 3. The quantitative estimate of drug-likeness (QED) is 0.286. The van der Waals surface area contributed by atoms with Crippen molar-refractivity contribution in [2.24, 2.45) is 0 Å². The van der Waals surface area contributed by atoms with Gasteiger partial charge in [-0.15, -0.1) is 16.8 Å². The van der Waals surface area contributed by atoms with Crippen molar-refractivity contribution in [3.8, 4) is 11.5 Å². The number of hydrogen-bond donors (Lipinski definition) is 0. The molecule has 2 heterocycles. The van der Waals surface area contributed by atoms with E-state index in [2.05, 4.69) is 32.7 Å². The number of ether oxygens (including phenoxy) is 2. The first-order valence-electron chi connectivity index (χ1n) is 9.10. The molecule has 4 rings (SSSR count). The van der Waals surface area contributed by atoms with Crippen LogP contribution in [0.2, 0.25) is 0 Å². The standard InChI is InChI=1S/C21H19BrN4O3S/c1-4-11-25-19(27)14-7-5-6-8-15(14)26-20(25)23-24-21(26)30-12-13-9-10-16(28-2)18(29-3)17(13)22/h4-10H,1,11-12H2,2-3H3. The fraction of sp³-hybridized carbons (Fsp3) is 0.190. The third kappa shape index (κ3) is 3.37. The van der Waals surface area contributed by atoms with Crippen molar-refractivity contribution in [1.82, 2.24) is 19.2 Å². The van der Waals surface area contributed by atoms with Crippen molar-refractivity contribution in [3.05, 3.63) is 69.4 Å². The lowest BCUT2D eigenvalue weighted by Gasteiger charge is -2.13. The molecule has 9 heteroatoms. The SMILES string of the molecule is C=CCn1c(=O)c2ccccc2n2c(SCc3ccc(OC)c(OC)c3Br)nnc12. The Morgan fingerprint density at radius 2 is 1.97 bits per heavy atom. The van der Waals surface area contributed by atoms with Crippen LogP contribution >= 0.6 is 27.7 Å². The summed E-state index contributed by atoms with van der Waals surface area (Å²) in [5.74, 6) is 2.42. The van der Waals surface area contributed by atoms with Crippen LogP contribution in [-0.2, 0) is 12.3 Å². The van der Waals surface area contributed by atoms with Gasteiger partial charge >= 0.3 is 0 Å². The number of nitrogens with zero attached hydrogens (tertiary/aromatic N) is 4. The summed E-state index contributed by atoms with van der Waals surface area (Å²) in [7, 11) is 3.21. The van der Waals surface area contributed by atoms with E-state index in [1.165, 1.54) is 11.8 Å². The molecular formula is C21H19BrN4O3S. The predicted molar refractivity (Wildman–Crippen MR) is 122 cm³/mol. The number of para-hydroxylation sites is 1. The molecule has 0 saturated carbocycles. The maximum absolute atomic E-state index is 12.9. The summed E-state index contributed by atoms with van der Waals surface area (Å²) in [6.07, 6.45) is 1.68. The molecule has 0 unspecified atom stereocenters. The first-order chi connectivity index (χ1) is 14.6. The molecule has 154 valence electrons. The average Bonchev–Trinajstić information content (AvgIpc) is 3.19. The van der Waals surface area contributed by atoms with Gasteiger partial charge in [0.2, 0.25) is 5.78 Å². The summed E-state index contributed by atoms with van der Waals surface area (Å²) in [4.78, 5) is 12.9. The van der Waals surface area contributed by atoms with Gasteiger partial charge in [0.05, 0.1) is 29.6 Å². The molecule has 0 atom stereocenters. The highest BCUT2D eigenvalue weighted by Gasteiger charge is 2.18. The Bertz CT molecular complexity index is 1320. The number of benzene rings is 2. The van der Waals surface area contributed by atoms with Gasteiger partial charge in [-0.25, -0.2) is 0 Å². The summed E-state index contributed by atoms with van der Waals surface area (Å²) in [5, 5.41) is 9.96. The predicted octanol–water partition coefficient (Wildman–Crippen LogP) is 4.30. The lowest BCUT2D eigenvalue weighted by molar-refractivity contribution is 0.353. The molecule has 7 nitrogen and oxygen atoms in total. The highest BCUT2D eigenvalue weighted by atomic mass is 79.9. The number of halogens is 1. The van der Waals surface area contributed by atoms with E-state index >= 15 is 0 Å². The second-order valence-corrected chi connectivity index (χ2v) is 8.14. The lowest BCUT2D eigenvalue weighted by Crippen LogP contribution is -2.22. The third-order valence-electron chi connectivity index (χ3n) is 4.71. The van der Waals surface area contributed by atoms with E-state index in [4.69, 9.17) is 9.47 Å². The Morgan fingerprint density at radius 1 is 1.17 bits per heavy atom. The number of rotatable bonds is 7. The van der Waals surface area contributed by atoms with Crippen LogP contribution in [0, 0.1) is 0 Å². The molecule has 2 aromatic carbocycles. The average molecular weight is 487 g/mol. The van der Waals surface area contributed by atoms with Crippen LogP contribution in [-0.4, -0.2) is 33.4 Å². The monoisotopic (exact) mass is 486 g/mol.